The predicted molar refractivity (Wildman–Crippen MR) is 167 cm³/mol. The minimum atomic E-state index is -0.286. The van der Waals surface area contributed by atoms with Crippen molar-refractivity contribution in [2.24, 2.45) is 0 Å². The number of nitrogens with zero attached hydrogens (tertiary/aromatic N) is 6. The largest absolute Gasteiger partial charge is 0.421 e. The Bertz CT molecular complexity index is 1420. The Morgan fingerprint density at radius 3 is 1.86 bits per heavy atom. The van der Waals surface area contributed by atoms with Gasteiger partial charge in [0.05, 0.1) is 32.6 Å². The molecule has 10 nitrogen and oxygen atoms in total. The van der Waals surface area contributed by atoms with Gasteiger partial charge in [-0.2, -0.15) is 0 Å². The molecular formula is C28H31Cl4N7O3. The summed E-state index contributed by atoms with van der Waals surface area (Å²) in [5.74, 6) is 1.56. The van der Waals surface area contributed by atoms with Crippen molar-refractivity contribution in [3.8, 4) is 22.9 Å². The lowest BCUT2D eigenvalue weighted by atomic mass is 9.96. The molecule has 4 aromatic heterocycles. The van der Waals surface area contributed by atoms with Crippen LogP contribution in [0.3, 0.4) is 0 Å². The van der Waals surface area contributed by atoms with E-state index in [4.69, 9.17) is 37.1 Å². The summed E-state index contributed by atoms with van der Waals surface area (Å²) in [5.41, 5.74) is 5.46. The standard InChI is InChI=1S/C15H16ClN3O.C13H13ClN4O2.2ClH/c1-2-13-18-19-15(20-13)11-8-12(16)14(17-9-11)10-6-4-3-5-7-10;14-10-5-9(13-18-17-11(7-19)20-13)6-16-12(10)8-1-3-15-4-2-8;;/h6,8-9H,2-5,7H2,1H3;1,5-6,15,19H,2-4,7H2;2*1H. The van der Waals surface area contributed by atoms with Crippen molar-refractivity contribution in [3.05, 3.63) is 69.9 Å². The number of aliphatic hydroxyl groups excluding tert-OH is 1. The Hall–Kier alpha value is -2.86. The topological polar surface area (TPSA) is 136 Å². The molecule has 2 aliphatic rings. The summed E-state index contributed by atoms with van der Waals surface area (Å²) in [4.78, 5) is 8.88. The number of aliphatic hydroxyl groups is 1. The fourth-order valence-electron chi connectivity index (χ4n) is 4.42. The van der Waals surface area contributed by atoms with Crippen LogP contribution in [0.15, 0.2) is 45.5 Å². The first-order valence-corrected chi connectivity index (χ1v) is 14.0. The highest BCUT2D eigenvalue weighted by Gasteiger charge is 2.16. The zero-order chi connectivity index (χ0) is 27.9. The molecule has 14 heteroatoms. The average molecular weight is 655 g/mol. The van der Waals surface area contributed by atoms with E-state index >= 15 is 0 Å². The number of rotatable bonds is 6. The normalized spacial score (nSPS) is 14.5. The first-order chi connectivity index (χ1) is 19.6. The first-order valence-electron chi connectivity index (χ1n) is 13.2. The summed E-state index contributed by atoms with van der Waals surface area (Å²) < 4.78 is 10.8. The number of nitrogens with one attached hydrogen (secondary N) is 1. The first kappa shape index (κ1) is 33.6. The number of pyridine rings is 2. The Morgan fingerprint density at radius 1 is 0.810 bits per heavy atom. The molecule has 42 heavy (non-hydrogen) atoms. The molecule has 224 valence electrons. The second kappa shape index (κ2) is 16.1. The van der Waals surface area contributed by atoms with E-state index in [2.05, 4.69) is 47.8 Å². The van der Waals surface area contributed by atoms with E-state index in [0.29, 0.717) is 33.3 Å². The van der Waals surface area contributed by atoms with E-state index < -0.39 is 0 Å². The van der Waals surface area contributed by atoms with Crippen molar-refractivity contribution in [1.82, 2.24) is 35.7 Å². The second-order valence-electron chi connectivity index (χ2n) is 9.28. The summed E-state index contributed by atoms with van der Waals surface area (Å²) in [6, 6.07) is 3.60. The third-order valence-electron chi connectivity index (χ3n) is 6.51. The Labute approximate surface area is 265 Å². The highest BCUT2D eigenvalue weighted by atomic mass is 35.5. The van der Waals surface area contributed by atoms with Crippen molar-refractivity contribution in [2.75, 3.05) is 13.1 Å². The van der Waals surface area contributed by atoms with Gasteiger partial charge in [0, 0.05) is 25.4 Å². The highest BCUT2D eigenvalue weighted by molar-refractivity contribution is 6.32. The molecule has 0 spiro atoms. The minimum absolute atomic E-state index is 0. The Kier molecular flexibility index (Phi) is 12.9. The fraction of sp³-hybridized carbons (Fsp3) is 0.357. The van der Waals surface area contributed by atoms with Crippen LogP contribution in [0.2, 0.25) is 10.0 Å². The maximum Gasteiger partial charge on any atom is 0.249 e. The molecule has 0 fully saturated rings. The maximum atomic E-state index is 8.92. The van der Waals surface area contributed by atoms with Gasteiger partial charge in [0.1, 0.15) is 6.61 Å². The fourth-order valence-corrected chi connectivity index (χ4v) is 5.00. The van der Waals surface area contributed by atoms with Gasteiger partial charge in [0.25, 0.3) is 0 Å². The lowest BCUT2D eigenvalue weighted by molar-refractivity contribution is 0.241. The molecule has 0 saturated heterocycles. The SMILES string of the molecule is CCc1nnc(-c2cnc(C3=CCCCC3)c(Cl)c2)o1.Cl.Cl.OCc1nnc(-c2cnc(C3=CCNCC3)c(Cl)c2)o1. The van der Waals surface area contributed by atoms with Crippen molar-refractivity contribution in [2.45, 2.75) is 52.1 Å². The van der Waals surface area contributed by atoms with Crippen molar-refractivity contribution in [1.29, 1.82) is 0 Å². The monoisotopic (exact) mass is 653 g/mol. The molecule has 1 aliphatic carbocycles. The van der Waals surface area contributed by atoms with Gasteiger partial charge in [0.2, 0.25) is 23.6 Å². The predicted octanol–water partition coefficient (Wildman–Crippen LogP) is 6.80. The molecule has 0 bridgehead atoms. The van der Waals surface area contributed by atoms with Crippen molar-refractivity contribution < 1.29 is 13.9 Å². The molecule has 4 aromatic rings. The van der Waals surface area contributed by atoms with Gasteiger partial charge in [-0.05, 0) is 61.9 Å². The number of hydrogen-bond acceptors (Lipinski definition) is 10. The quantitative estimate of drug-likeness (QED) is 0.228. The second-order valence-corrected chi connectivity index (χ2v) is 10.1. The van der Waals surface area contributed by atoms with Gasteiger partial charge in [-0.1, -0.05) is 42.3 Å². The molecule has 0 radical (unpaired) electrons. The molecule has 0 aromatic carbocycles. The smallest absolute Gasteiger partial charge is 0.249 e. The van der Waals surface area contributed by atoms with Gasteiger partial charge >= 0.3 is 0 Å². The van der Waals surface area contributed by atoms with Crippen LogP contribution in [-0.4, -0.2) is 48.6 Å². The maximum absolute atomic E-state index is 8.92. The van der Waals surface area contributed by atoms with E-state index in [1.54, 1.807) is 18.5 Å². The van der Waals surface area contributed by atoms with Crippen molar-refractivity contribution >= 4 is 59.2 Å². The summed E-state index contributed by atoms with van der Waals surface area (Å²) in [6.45, 7) is 3.45. The molecule has 1 aliphatic heterocycles. The summed E-state index contributed by atoms with van der Waals surface area (Å²) in [7, 11) is 0. The van der Waals surface area contributed by atoms with Gasteiger partial charge in [-0.3, -0.25) is 9.97 Å². The average Bonchev–Trinajstić information content (AvgIpc) is 3.69. The molecule has 2 N–H and O–H groups in total. The van der Waals surface area contributed by atoms with Crippen molar-refractivity contribution in [3.63, 3.8) is 0 Å². The molecule has 0 amide bonds. The van der Waals surface area contributed by atoms with Gasteiger partial charge in [0.15, 0.2) is 0 Å². The third-order valence-corrected chi connectivity index (χ3v) is 7.09. The number of halogens is 4. The summed E-state index contributed by atoms with van der Waals surface area (Å²) in [5, 5.41) is 28.9. The molecule has 0 unspecified atom stereocenters. The van der Waals surface area contributed by atoms with E-state index in [9.17, 15) is 0 Å². The van der Waals surface area contributed by atoms with Crippen LogP contribution >= 0.6 is 48.0 Å². The summed E-state index contributed by atoms with van der Waals surface area (Å²) in [6.07, 6.45) is 14.0. The zero-order valence-electron chi connectivity index (χ0n) is 22.8. The molecular weight excluding hydrogens is 624 g/mol. The minimum Gasteiger partial charge on any atom is -0.421 e. The van der Waals surface area contributed by atoms with Crippen LogP contribution in [0.25, 0.3) is 34.1 Å². The zero-order valence-corrected chi connectivity index (χ0v) is 26.0. The van der Waals surface area contributed by atoms with Gasteiger partial charge < -0.3 is 19.3 Å². The van der Waals surface area contributed by atoms with Crippen LogP contribution in [0.5, 0.6) is 0 Å². The highest BCUT2D eigenvalue weighted by Crippen LogP contribution is 2.32. The van der Waals surface area contributed by atoms with Crippen LogP contribution in [-0.2, 0) is 13.0 Å². The lowest BCUT2D eigenvalue weighted by Gasteiger charge is -2.14. The van der Waals surface area contributed by atoms with E-state index in [1.165, 1.54) is 18.4 Å². The Balaban J connectivity index is 0.000000220. The van der Waals surface area contributed by atoms with Crippen LogP contribution in [0, 0.1) is 0 Å². The summed E-state index contributed by atoms with van der Waals surface area (Å²) >= 11 is 12.7. The van der Waals surface area contributed by atoms with Gasteiger partial charge in [-0.15, -0.1) is 45.2 Å². The Morgan fingerprint density at radius 2 is 1.40 bits per heavy atom. The number of aryl methyl sites for hydroxylation is 1. The number of hydrogen-bond donors (Lipinski definition) is 2. The van der Waals surface area contributed by atoms with Crippen LogP contribution in [0.4, 0.5) is 0 Å². The molecule has 5 heterocycles. The lowest BCUT2D eigenvalue weighted by Crippen LogP contribution is -2.20. The van der Waals surface area contributed by atoms with Crippen LogP contribution in [0.1, 0.15) is 62.2 Å². The number of aromatic nitrogens is 6. The third kappa shape index (κ3) is 8.15. The van der Waals surface area contributed by atoms with Crippen LogP contribution < -0.4 is 5.32 Å². The van der Waals surface area contributed by atoms with E-state index in [-0.39, 0.29) is 37.3 Å². The molecule has 0 atom stereocenters. The molecule has 0 saturated carbocycles. The van der Waals surface area contributed by atoms with E-state index in [0.717, 1.165) is 61.3 Å². The molecule has 6 rings (SSSR count). The van der Waals surface area contributed by atoms with Gasteiger partial charge in [-0.25, -0.2) is 0 Å². The number of allylic oxidation sites excluding steroid dienone is 2. The van der Waals surface area contributed by atoms with E-state index in [1.807, 2.05) is 13.0 Å².